The molecule has 25 heavy (non-hydrogen) atoms. The Morgan fingerprint density at radius 3 is 1.92 bits per heavy atom. The molecule has 1 aromatic rings. The minimum absolute atomic E-state index is 0.0243. The number of carboxylic acid groups (broad SMARTS) is 1. The van der Waals surface area contributed by atoms with Crippen LogP contribution in [0.2, 0.25) is 0 Å². The van der Waals surface area contributed by atoms with Crippen molar-refractivity contribution in [3.05, 3.63) is 35.4 Å². The third kappa shape index (κ3) is 6.95. The maximum atomic E-state index is 12.2. The molecule has 0 aliphatic carbocycles. The molecule has 0 fully saturated rings. The molecule has 1 rings (SSSR count). The summed E-state index contributed by atoms with van der Waals surface area (Å²) >= 11 is 0. The molecule has 0 saturated carbocycles. The van der Waals surface area contributed by atoms with E-state index < -0.39 is 5.97 Å². The second-order valence-electron chi connectivity index (χ2n) is 6.13. The van der Waals surface area contributed by atoms with Crippen LogP contribution in [-0.4, -0.2) is 52.8 Å². The molecule has 1 N–H and O–H groups in total. The maximum absolute atomic E-state index is 12.2. The molecule has 0 aliphatic heterocycles. The third-order valence-electron chi connectivity index (χ3n) is 3.94. The fourth-order valence-electron chi connectivity index (χ4n) is 2.58. The summed E-state index contributed by atoms with van der Waals surface area (Å²) in [4.78, 5) is 38.7. The minimum Gasteiger partial charge on any atom is -0.478 e. The van der Waals surface area contributed by atoms with Gasteiger partial charge in [0.25, 0.3) is 0 Å². The highest BCUT2D eigenvalue weighted by molar-refractivity contribution is 5.87. The molecule has 0 spiro atoms. The van der Waals surface area contributed by atoms with E-state index in [1.54, 1.807) is 24.1 Å². The highest BCUT2D eigenvalue weighted by Gasteiger charge is 2.16. The van der Waals surface area contributed by atoms with Crippen LogP contribution in [0, 0.1) is 0 Å². The largest absolute Gasteiger partial charge is 0.478 e. The molecule has 1 aromatic carbocycles. The number of rotatable bonds is 10. The molecule has 0 atom stereocenters. The number of hydrogen-bond acceptors (Lipinski definition) is 3. The number of carboxylic acids is 1. The van der Waals surface area contributed by atoms with Gasteiger partial charge in [-0.15, -0.1) is 0 Å². The molecule has 0 saturated heterocycles. The van der Waals surface area contributed by atoms with Crippen LogP contribution in [0.25, 0.3) is 0 Å². The number of aromatic carboxylic acids is 1. The Hall–Kier alpha value is -2.37. The lowest BCUT2D eigenvalue weighted by Gasteiger charge is -2.22. The predicted molar refractivity (Wildman–Crippen MR) is 96.3 cm³/mol. The van der Waals surface area contributed by atoms with Crippen molar-refractivity contribution in [2.45, 2.75) is 46.1 Å². The highest BCUT2D eigenvalue weighted by Crippen LogP contribution is 2.09. The number of benzene rings is 1. The molecular formula is C19H28N2O4. The van der Waals surface area contributed by atoms with Crippen LogP contribution >= 0.6 is 0 Å². The molecule has 6 heteroatoms. The lowest BCUT2D eigenvalue weighted by Crippen LogP contribution is -2.34. The zero-order valence-corrected chi connectivity index (χ0v) is 15.3. The average Bonchev–Trinajstić information content (AvgIpc) is 2.59. The van der Waals surface area contributed by atoms with Gasteiger partial charge in [0.05, 0.1) is 5.56 Å². The number of carbonyl (C=O) groups excluding carboxylic acids is 2. The van der Waals surface area contributed by atoms with E-state index in [1.165, 1.54) is 12.1 Å². The Morgan fingerprint density at radius 1 is 0.920 bits per heavy atom. The lowest BCUT2D eigenvalue weighted by atomic mass is 10.1. The van der Waals surface area contributed by atoms with Gasteiger partial charge in [-0.25, -0.2) is 4.79 Å². The lowest BCUT2D eigenvalue weighted by molar-refractivity contribution is -0.136. The van der Waals surface area contributed by atoms with Crippen LogP contribution in [-0.2, 0) is 16.1 Å². The first-order valence-electron chi connectivity index (χ1n) is 8.73. The normalized spacial score (nSPS) is 10.4. The zero-order valence-electron chi connectivity index (χ0n) is 15.3. The van der Waals surface area contributed by atoms with Crippen molar-refractivity contribution >= 4 is 17.8 Å². The van der Waals surface area contributed by atoms with E-state index >= 15 is 0 Å². The van der Waals surface area contributed by atoms with E-state index in [2.05, 4.69) is 0 Å². The quantitative estimate of drug-likeness (QED) is 0.705. The van der Waals surface area contributed by atoms with Gasteiger partial charge in [-0.1, -0.05) is 26.0 Å². The van der Waals surface area contributed by atoms with E-state index in [0.717, 1.165) is 31.5 Å². The summed E-state index contributed by atoms with van der Waals surface area (Å²) in [6.45, 7) is 5.91. The third-order valence-corrected chi connectivity index (χ3v) is 3.94. The van der Waals surface area contributed by atoms with Crippen molar-refractivity contribution in [1.82, 2.24) is 9.80 Å². The minimum atomic E-state index is -0.974. The van der Waals surface area contributed by atoms with E-state index in [-0.39, 0.29) is 30.2 Å². The maximum Gasteiger partial charge on any atom is 0.335 e. The van der Waals surface area contributed by atoms with Crippen LogP contribution in [0.3, 0.4) is 0 Å². The fourth-order valence-corrected chi connectivity index (χ4v) is 2.58. The van der Waals surface area contributed by atoms with Crippen molar-refractivity contribution in [1.29, 1.82) is 0 Å². The predicted octanol–water partition coefficient (Wildman–Crippen LogP) is 2.77. The van der Waals surface area contributed by atoms with Crippen LogP contribution < -0.4 is 0 Å². The van der Waals surface area contributed by atoms with Gasteiger partial charge >= 0.3 is 5.97 Å². The van der Waals surface area contributed by atoms with Crippen molar-refractivity contribution in [2.75, 3.05) is 20.1 Å². The van der Waals surface area contributed by atoms with E-state index in [4.69, 9.17) is 5.11 Å². The molecule has 2 amide bonds. The number of amides is 2. The van der Waals surface area contributed by atoms with Gasteiger partial charge in [0.2, 0.25) is 11.8 Å². The van der Waals surface area contributed by atoms with Gasteiger partial charge in [-0.2, -0.15) is 0 Å². The summed E-state index contributed by atoms with van der Waals surface area (Å²) in [6, 6.07) is 6.44. The fraction of sp³-hybridized carbons (Fsp3) is 0.526. The van der Waals surface area contributed by atoms with Gasteiger partial charge in [0, 0.05) is 39.5 Å². The van der Waals surface area contributed by atoms with Crippen LogP contribution in [0.1, 0.15) is 55.5 Å². The summed E-state index contributed by atoms with van der Waals surface area (Å²) in [5.74, 6) is -1.04. The van der Waals surface area contributed by atoms with Gasteiger partial charge in [-0.3, -0.25) is 9.59 Å². The smallest absolute Gasteiger partial charge is 0.335 e. The molecule has 0 aliphatic rings. The zero-order chi connectivity index (χ0) is 18.8. The van der Waals surface area contributed by atoms with Crippen molar-refractivity contribution < 1.29 is 19.5 Å². The summed E-state index contributed by atoms with van der Waals surface area (Å²) in [5.41, 5.74) is 1.07. The monoisotopic (exact) mass is 348 g/mol. The van der Waals surface area contributed by atoms with Gasteiger partial charge in [0.15, 0.2) is 0 Å². The molecule has 0 bridgehead atoms. The first-order valence-corrected chi connectivity index (χ1v) is 8.73. The molecule has 0 heterocycles. The van der Waals surface area contributed by atoms with Gasteiger partial charge in [-0.05, 0) is 30.5 Å². The summed E-state index contributed by atoms with van der Waals surface area (Å²) < 4.78 is 0. The molecule has 0 radical (unpaired) electrons. The average molecular weight is 348 g/mol. The van der Waals surface area contributed by atoms with Crippen molar-refractivity contribution in [2.24, 2.45) is 0 Å². The molecule has 138 valence electrons. The molecule has 0 unspecified atom stereocenters. The standard InChI is InChI=1S/C19H28N2O4/c1-4-12-21(13-5-2)18(23)11-10-17(22)20(3)14-15-6-8-16(9-7-15)19(24)25/h6-9H,4-5,10-14H2,1-3H3,(H,24,25). The number of carbonyl (C=O) groups is 3. The Kier molecular flexibility index (Phi) is 8.67. The Labute approximate surface area is 149 Å². The first kappa shape index (κ1) is 20.7. The number of nitrogens with zero attached hydrogens (tertiary/aromatic N) is 2. The van der Waals surface area contributed by atoms with Crippen LogP contribution in [0.5, 0.6) is 0 Å². The number of hydrogen-bond donors (Lipinski definition) is 1. The van der Waals surface area contributed by atoms with E-state index in [1.807, 2.05) is 18.7 Å². The first-order chi connectivity index (χ1) is 11.9. The second-order valence-corrected chi connectivity index (χ2v) is 6.13. The van der Waals surface area contributed by atoms with E-state index in [0.29, 0.717) is 6.54 Å². The van der Waals surface area contributed by atoms with Crippen molar-refractivity contribution in [3.63, 3.8) is 0 Å². The van der Waals surface area contributed by atoms with Crippen LogP contribution in [0.4, 0.5) is 0 Å². The van der Waals surface area contributed by atoms with Crippen LogP contribution in [0.15, 0.2) is 24.3 Å². The Morgan fingerprint density at radius 2 is 1.44 bits per heavy atom. The SMILES string of the molecule is CCCN(CCC)C(=O)CCC(=O)N(C)Cc1ccc(C(=O)O)cc1. The highest BCUT2D eigenvalue weighted by atomic mass is 16.4. The second kappa shape index (κ2) is 10.5. The van der Waals surface area contributed by atoms with Gasteiger partial charge < -0.3 is 14.9 Å². The summed E-state index contributed by atoms with van der Waals surface area (Å²) in [7, 11) is 1.69. The van der Waals surface area contributed by atoms with Gasteiger partial charge in [0.1, 0.15) is 0 Å². The molecule has 6 nitrogen and oxygen atoms in total. The topological polar surface area (TPSA) is 77.9 Å². The Bertz CT molecular complexity index is 578. The molecular weight excluding hydrogens is 320 g/mol. The summed E-state index contributed by atoms with van der Waals surface area (Å²) in [5, 5.41) is 8.89. The Balaban J connectivity index is 2.50. The molecule has 0 aromatic heterocycles. The van der Waals surface area contributed by atoms with Crippen molar-refractivity contribution in [3.8, 4) is 0 Å². The van der Waals surface area contributed by atoms with E-state index in [9.17, 15) is 14.4 Å². The summed E-state index contributed by atoms with van der Waals surface area (Å²) in [6.07, 6.45) is 2.23.